The molecule has 0 spiro atoms. The first-order valence-electron chi connectivity index (χ1n) is 23.9. The van der Waals surface area contributed by atoms with Crippen LogP contribution in [0.1, 0.15) is 65.0 Å². The molecular formula is C64H44N2OS. The molecular weight excluding hydrogens is 845 g/mol. The zero-order valence-electron chi connectivity index (χ0n) is 37.4. The topological polar surface area (TPSA) is 37.9 Å². The van der Waals surface area contributed by atoms with Gasteiger partial charge in [-0.3, -0.25) is 0 Å². The van der Waals surface area contributed by atoms with Gasteiger partial charge in [0.2, 0.25) is 0 Å². The fourth-order valence-electron chi connectivity index (χ4n) is 11.4. The second-order valence-electron chi connectivity index (χ2n) is 18.5. The normalized spacial score (nSPS) is 17.8. The summed E-state index contributed by atoms with van der Waals surface area (Å²) in [6.45, 7) is 0. The highest BCUT2D eigenvalue weighted by Gasteiger charge is 2.30. The molecule has 0 N–H and O–H groups in total. The number of thiophene rings is 1. The van der Waals surface area contributed by atoms with E-state index < -0.39 is 0 Å². The second-order valence-corrected chi connectivity index (χ2v) is 19.6. The SMILES string of the molecule is C1=C(c2ccc3c(c2)oc2ccccc23)/N=C(c2ccc3sc4cc5ccccc5cc4c3c2C2CCc3cc4ccccc4cc3-c3ccccc32)\N=C(\c2cccc3ccccc23)CCC/1. The number of amidine groups is 1. The largest absolute Gasteiger partial charge is 0.456 e. The van der Waals surface area contributed by atoms with Crippen LogP contribution < -0.4 is 0 Å². The number of hydrogen-bond acceptors (Lipinski definition) is 4. The third kappa shape index (κ3) is 6.47. The number of furan rings is 1. The van der Waals surface area contributed by atoms with Crippen LogP contribution in [0.2, 0.25) is 0 Å². The molecule has 3 nitrogen and oxygen atoms in total. The Morgan fingerprint density at radius 1 is 0.471 bits per heavy atom. The third-order valence-electron chi connectivity index (χ3n) is 14.6. The average molecular weight is 889 g/mol. The molecule has 0 fully saturated rings. The summed E-state index contributed by atoms with van der Waals surface area (Å²) in [6.07, 6.45) is 6.85. The highest BCUT2D eigenvalue weighted by Crippen LogP contribution is 2.49. The summed E-state index contributed by atoms with van der Waals surface area (Å²) >= 11 is 1.90. The van der Waals surface area contributed by atoms with Gasteiger partial charge < -0.3 is 4.42 Å². The maximum Gasteiger partial charge on any atom is 0.160 e. The maximum absolute atomic E-state index is 6.50. The summed E-state index contributed by atoms with van der Waals surface area (Å²) in [5.41, 5.74) is 13.7. The van der Waals surface area contributed by atoms with Crippen LogP contribution in [-0.2, 0) is 6.42 Å². The fraction of sp³-hybridized carbons (Fsp3) is 0.0938. The van der Waals surface area contributed by atoms with Gasteiger partial charge in [0.15, 0.2) is 5.84 Å². The van der Waals surface area contributed by atoms with Crippen molar-refractivity contribution in [1.82, 2.24) is 0 Å². The minimum Gasteiger partial charge on any atom is -0.456 e. The molecule has 68 heavy (non-hydrogen) atoms. The molecule has 1 atom stereocenters. The fourth-order valence-corrected chi connectivity index (χ4v) is 12.6. The minimum atomic E-state index is 0.0514. The number of para-hydroxylation sites is 1. The van der Waals surface area contributed by atoms with E-state index in [2.05, 4.69) is 194 Å². The molecule has 4 heteroatoms. The lowest BCUT2D eigenvalue weighted by atomic mass is 9.81. The Labute approximate surface area is 398 Å². The van der Waals surface area contributed by atoms with Crippen molar-refractivity contribution >= 4 is 103 Å². The van der Waals surface area contributed by atoms with Crippen molar-refractivity contribution in [2.24, 2.45) is 9.98 Å². The molecule has 10 aromatic carbocycles. The third-order valence-corrected chi connectivity index (χ3v) is 15.7. The molecule has 2 aliphatic rings. The van der Waals surface area contributed by atoms with Crippen LogP contribution >= 0.6 is 11.3 Å². The quantitative estimate of drug-likeness (QED) is 0.173. The molecule has 0 bridgehead atoms. The summed E-state index contributed by atoms with van der Waals surface area (Å²) in [5.74, 6) is 0.795. The van der Waals surface area contributed by atoms with E-state index in [4.69, 9.17) is 14.4 Å². The lowest BCUT2D eigenvalue weighted by molar-refractivity contribution is 0.669. The van der Waals surface area contributed by atoms with Gasteiger partial charge >= 0.3 is 0 Å². The van der Waals surface area contributed by atoms with Gasteiger partial charge in [-0.25, -0.2) is 9.98 Å². The standard InChI is InChI=1S/C64H44N2OS/c1-2-16-41-35-54-44(34-40(41)15-1)28-31-52(47-21-7-8-22-48(47)54)62-53(32-33-60-63(62)55-36-42-17-3-4-18-43(42)38-61(55)68-60)64-65-56(45-29-30-51-50-23-9-12-27-58(50)67-59(51)37-45)25-10-11-26-57(66-64)49-24-13-19-39-14-5-6-20-46(39)49/h1-9,12-25,27,29-30,32-38,52H,10-11,26,28,31H2/b56-25+,65-64-,66-57+. The molecule has 1 unspecified atom stereocenters. The van der Waals surface area contributed by atoms with E-state index in [1.54, 1.807) is 0 Å². The first-order valence-corrected chi connectivity index (χ1v) is 24.8. The number of rotatable bonds is 4. The molecule has 0 amide bonds. The highest BCUT2D eigenvalue weighted by molar-refractivity contribution is 7.26. The molecule has 1 aliphatic heterocycles. The summed E-state index contributed by atoms with van der Waals surface area (Å²) in [5, 5.41) is 12.3. The number of benzene rings is 10. The van der Waals surface area contributed by atoms with E-state index in [0.29, 0.717) is 0 Å². The molecule has 2 aromatic heterocycles. The van der Waals surface area contributed by atoms with E-state index in [0.717, 1.165) is 82.4 Å². The van der Waals surface area contributed by atoms with Crippen LogP contribution in [0.25, 0.3) is 91.3 Å². The summed E-state index contributed by atoms with van der Waals surface area (Å²) in [6, 6.07) is 71.5. The predicted octanol–water partition coefficient (Wildman–Crippen LogP) is 17.6. The molecule has 322 valence electrons. The number of nitrogens with zero attached hydrogens (tertiary/aromatic N) is 2. The van der Waals surface area contributed by atoms with Crippen molar-refractivity contribution in [3.63, 3.8) is 0 Å². The van der Waals surface area contributed by atoms with Gasteiger partial charge in [0.25, 0.3) is 0 Å². The molecule has 1 aliphatic carbocycles. The van der Waals surface area contributed by atoms with Crippen LogP contribution in [0.4, 0.5) is 0 Å². The molecule has 3 heterocycles. The van der Waals surface area contributed by atoms with Gasteiger partial charge in [0, 0.05) is 53.6 Å². The van der Waals surface area contributed by atoms with E-state index in [-0.39, 0.29) is 5.92 Å². The molecule has 0 saturated heterocycles. The summed E-state index contributed by atoms with van der Waals surface area (Å²) in [4.78, 5) is 11.7. The van der Waals surface area contributed by atoms with Crippen LogP contribution in [0.3, 0.4) is 0 Å². The van der Waals surface area contributed by atoms with E-state index in [9.17, 15) is 0 Å². The van der Waals surface area contributed by atoms with Crippen LogP contribution in [0, 0.1) is 0 Å². The van der Waals surface area contributed by atoms with Crippen LogP contribution in [-0.4, -0.2) is 11.5 Å². The van der Waals surface area contributed by atoms with E-state index in [1.807, 2.05) is 17.4 Å². The van der Waals surface area contributed by atoms with Crippen molar-refractivity contribution < 1.29 is 4.42 Å². The van der Waals surface area contributed by atoms with Crippen molar-refractivity contribution in [1.29, 1.82) is 0 Å². The Balaban J connectivity index is 1.06. The second kappa shape index (κ2) is 15.9. The number of aliphatic imine (C=N–C) groups is 2. The van der Waals surface area contributed by atoms with Gasteiger partial charge in [-0.15, -0.1) is 11.3 Å². The van der Waals surface area contributed by atoms with E-state index in [1.165, 1.54) is 85.9 Å². The van der Waals surface area contributed by atoms with Gasteiger partial charge in [-0.2, -0.15) is 0 Å². The van der Waals surface area contributed by atoms with Crippen molar-refractivity contribution in [2.75, 3.05) is 0 Å². The Morgan fingerprint density at radius 2 is 1.18 bits per heavy atom. The first-order chi connectivity index (χ1) is 33.7. The molecule has 0 saturated carbocycles. The van der Waals surface area contributed by atoms with Gasteiger partial charge in [-0.1, -0.05) is 152 Å². The minimum absolute atomic E-state index is 0.0514. The van der Waals surface area contributed by atoms with Crippen molar-refractivity contribution in [3.8, 4) is 11.1 Å². The molecule has 0 radical (unpaired) electrons. The lowest BCUT2D eigenvalue weighted by Crippen LogP contribution is -2.13. The predicted molar refractivity (Wildman–Crippen MR) is 289 cm³/mol. The van der Waals surface area contributed by atoms with Gasteiger partial charge in [0.05, 0.1) is 11.4 Å². The van der Waals surface area contributed by atoms with Crippen LogP contribution in [0.5, 0.6) is 0 Å². The highest BCUT2D eigenvalue weighted by atomic mass is 32.1. The Hall–Kier alpha value is -7.92. The van der Waals surface area contributed by atoms with Crippen molar-refractivity contribution in [3.05, 3.63) is 234 Å². The van der Waals surface area contributed by atoms with Gasteiger partial charge in [-0.05, 0) is 141 Å². The smallest absolute Gasteiger partial charge is 0.160 e. The number of aryl methyl sites for hydroxylation is 1. The zero-order chi connectivity index (χ0) is 44.7. The number of fused-ring (bicyclic) bond motifs is 12. The van der Waals surface area contributed by atoms with E-state index >= 15 is 0 Å². The maximum atomic E-state index is 6.50. The molecule has 12 aromatic rings. The average Bonchev–Trinajstić information content (AvgIpc) is 3.93. The monoisotopic (exact) mass is 888 g/mol. The summed E-state index contributed by atoms with van der Waals surface area (Å²) < 4.78 is 9.08. The lowest BCUT2D eigenvalue weighted by Gasteiger charge is -2.23. The van der Waals surface area contributed by atoms with Gasteiger partial charge in [0.1, 0.15) is 11.2 Å². The van der Waals surface area contributed by atoms with Crippen molar-refractivity contribution in [2.45, 2.75) is 38.0 Å². The number of allylic oxidation sites excluding steroid dienone is 1. The Morgan fingerprint density at radius 3 is 2.06 bits per heavy atom. The first kappa shape index (κ1) is 39.3. The molecule has 14 rings (SSSR count). The van der Waals surface area contributed by atoms with Crippen LogP contribution in [0.15, 0.2) is 215 Å². The Bertz CT molecular complexity index is 4140. The zero-order valence-corrected chi connectivity index (χ0v) is 38.2. The summed E-state index contributed by atoms with van der Waals surface area (Å²) in [7, 11) is 0. The number of hydrogen-bond donors (Lipinski definition) is 0. The Kier molecular flexibility index (Phi) is 9.16.